The van der Waals surface area contributed by atoms with E-state index in [0.717, 1.165) is 23.5 Å². The number of rotatable bonds is 6. The number of nitrogens with zero attached hydrogens (tertiary/aromatic N) is 1. The van der Waals surface area contributed by atoms with Crippen LogP contribution in [0.3, 0.4) is 0 Å². The topological polar surface area (TPSA) is 44.7 Å². The minimum absolute atomic E-state index is 0.271. The molecule has 0 atom stereocenters. The number of hydrogen-bond donors (Lipinski definition) is 2. The van der Waals surface area contributed by atoms with Gasteiger partial charge < -0.3 is 20.1 Å². The van der Waals surface area contributed by atoms with Gasteiger partial charge in [-0.25, -0.2) is 0 Å². The van der Waals surface area contributed by atoms with Crippen molar-refractivity contribution in [3.63, 3.8) is 0 Å². The standard InChI is InChI=1S/C17H22N2O2/c1-19(2)12-13-5-4-6-15(9-13)18-11-14-10-16(21-3)7-8-17(14)20/h4-10,18,20H,11-12H2,1-3H3. The van der Waals surface area contributed by atoms with Crippen molar-refractivity contribution >= 4 is 5.69 Å². The fourth-order valence-corrected chi connectivity index (χ4v) is 2.17. The van der Waals surface area contributed by atoms with Crippen LogP contribution in [0, 0.1) is 0 Å². The van der Waals surface area contributed by atoms with Crippen molar-refractivity contribution in [3.05, 3.63) is 53.6 Å². The molecule has 4 heteroatoms. The summed E-state index contributed by atoms with van der Waals surface area (Å²) in [6.45, 7) is 1.45. The van der Waals surface area contributed by atoms with Crippen LogP contribution in [0.1, 0.15) is 11.1 Å². The van der Waals surface area contributed by atoms with Crippen LogP contribution in [0.2, 0.25) is 0 Å². The van der Waals surface area contributed by atoms with Crippen LogP contribution in [-0.2, 0) is 13.1 Å². The van der Waals surface area contributed by atoms with Crippen molar-refractivity contribution in [2.45, 2.75) is 13.1 Å². The Bertz CT molecular complexity index is 597. The average Bonchev–Trinajstić information content (AvgIpc) is 2.46. The Morgan fingerprint density at radius 3 is 2.67 bits per heavy atom. The van der Waals surface area contributed by atoms with Crippen LogP contribution in [0.4, 0.5) is 5.69 Å². The van der Waals surface area contributed by atoms with E-state index in [9.17, 15) is 5.11 Å². The van der Waals surface area contributed by atoms with E-state index in [-0.39, 0.29) is 5.75 Å². The third-order valence-electron chi connectivity index (χ3n) is 3.20. The maximum atomic E-state index is 9.88. The molecule has 21 heavy (non-hydrogen) atoms. The number of anilines is 1. The molecule has 0 aliphatic heterocycles. The summed E-state index contributed by atoms with van der Waals surface area (Å²) in [7, 11) is 5.72. The molecule has 0 aliphatic carbocycles. The van der Waals surface area contributed by atoms with Gasteiger partial charge in [0.2, 0.25) is 0 Å². The predicted molar refractivity (Wildman–Crippen MR) is 85.8 cm³/mol. The van der Waals surface area contributed by atoms with Crippen molar-refractivity contribution in [2.75, 3.05) is 26.5 Å². The molecule has 0 radical (unpaired) electrons. The van der Waals surface area contributed by atoms with Crippen LogP contribution in [-0.4, -0.2) is 31.2 Å². The average molecular weight is 286 g/mol. The van der Waals surface area contributed by atoms with E-state index in [2.05, 4.69) is 22.3 Å². The van der Waals surface area contributed by atoms with E-state index in [1.807, 2.05) is 32.3 Å². The molecule has 0 aromatic heterocycles. The Kier molecular flexibility index (Phi) is 5.06. The van der Waals surface area contributed by atoms with Gasteiger partial charge in [-0.05, 0) is 50.0 Å². The van der Waals surface area contributed by atoms with Gasteiger partial charge in [-0.1, -0.05) is 12.1 Å². The number of phenols is 1. The maximum absolute atomic E-state index is 9.88. The molecule has 0 heterocycles. The van der Waals surface area contributed by atoms with Gasteiger partial charge in [0.25, 0.3) is 0 Å². The molecule has 0 bridgehead atoms. The third-order valence-corrected chi connectivity index (χ3v) is 3.20. The fourth-order valence-electron chi connectivity index (χ4n) is 2.17. The molecule has 2 aromatic carbocycles. The Balaban J connectivity index is 2.06. The summed E-state index contributed by atoms with van der Waals surface area (Å²) in [6.07, 6.45) is 0. The highest BCUT2D eigenvalue weighted by Crippen LogP contribution is 2.24. The lowest BCUT2D eigenvalue weighted by Gasteiger charge is -2.13. The summed E-state index contributed by atoms with van der Waals surface area (Å²) < 4.78 is 5.18. The summed E-state index contributed by atoms with van der Waals surface area (Å²) in [5.74, 6) is 1.01. The molecular weight excluding hydrogens is 264 g/mol. The number of ether oxygens (including phenoxy) is 1. The number of nitrogens with one attached hydrogen (secondary N) is 1. The summed E-state index contributed by atoms with van der Waals surface area (Å²) in [5, 5.41) is 13.2. The van der Waals surface area contributed by atoms with Gasteiger partial charge >= 0.3 is 0 Å². The second-order valence-corrected chi connectivity index (χ2v) is 5.29. The third kappa shape index (κ3) is 4.39. The first-order chi connectivity index (χ1) is 10.1. The molecule has 0 saturated carbocycles. The lowest BCUT2D eigenvalue weighted by atomic mass is 10.1. The van der Waals surface area contributed by atoms with Gasteiger partial charge in [0, 0.05) is 24.3 Å². The van der Waals surface area contributed by atoms with Crippen LogP contribution < -0.4 is 10.1 Å². The Hall–Kier alpha value is -2.20. The van der Waals surface area contributed by atoms with Gasteiger partial charge in [0.05, 0.1) is 7.11 Å². The minimum atomic E-state index is 0.271. The predicted octanol–water partition coefficient (Wildman–Crippen LogP) is 3.07. The van der Waals surface area contributed by atoms with Crippen LogP contribution in [0.5, 0.6) is 11.5 Å². The molecule has 0 fully saturated rings. The monoisotopic (exact) mass is 286 g/mol. The van der Waals surface area contributed by atoms with Gasteiger partial charge in [0.1, 0.15) is 11.5 Å². The van der Waals surface area contributed by atoms with Gasteiger partial charge in [-0.2, -0.15) is 0 Å². The Morgan fingerprint density at radius 1 is 1.14 bits per heavy atom. The highest BCUT2D eigenvalue weighted by Gasteiger charge is 2.04. The highest BCUT2D eigenvalue weighted by atomic mass is 16.5. The summed E-state index contributed by atoms with van der Waals surface area (Å²) >= 11 is 0. The fraction of sp³-hybridized carbons (Fsp3) is 0.294. The number of hydrogen-bond acceptors (Lipinski definition) is 4. The van der Waals surface area contributed by atoms with Crippen LogP contribution in [0.15, 0.2) is 42.5 Å². The molecule has 2 aromatic rings. The van der Waals surface area contributed by atoms with Crippen molar-refractivity contribution in [1.82, 2.24) is 4.90 Å². The quantitative estimate of drug-likeness (QED) is 0.856. The zero-order valence-corrected chi connectivity index (χ0v) is 12.8. The molecule has 0 unspecified atom stereocenters. The Labute approximate surface area is 126 Å². The molecule has 0 aliphatic rings. The first kappa shape index (κ1) is 15.2. The highest BCUT2D eigenvalue weighted by molar-refractivity contribution is 5.48. The lowest BCUT2D eigenvalue weighted by Crippen LogP contribution is -2.10. The van der Waals surface area contributed by atoms with Crippen molar-refractivity contribution in [3.8, 4) is 11.5 Å². The zero-order chi connectivity index (χ0) is 15.2. The van der Waals surface area contributed by atoms with E-state index in [1.54, 1.807) is 19.2 Å². The second-order valence-electron chi connectivity index (χ2n) is 5.29. The van der Waals surface area contributed by atoms with E-state index in [0.29, 0.717) is 6.54 Å². The molecular formula is C17H22N2O2. The molecule has 0 spiro atoms. The van der Waals surface area contributed by atoms with E-state index >= 15 is 0 Å². The summed E-state index contributed by atoms with van der Waals surface area (Å²) in [5.41, 5.74) is 3.10. The minimum Gasteiger partial charge on any atom is -0.508 e. The summed E-state index contributed by atoms with van der Waals surface area (Å²) in [6, 6.07) is 13.5. The van der Waals surface area contributed by atoms with Gasteiger partial charge in [0.15, 0.2) is 0 Å². The smallest absolute Gasteiger partial charge is 0.120 e. The molecule has 2 rings (SSSR count). The van der Waals surface area contributed by atoms with Crippen molar-refractivity contribution < 1.29 is 9.84 Å². The maximum Gasteiger partial charge on any atom is 0.120 e. The van der Waals surface area contributed by atoms with Crippen molar-refractivity contribution in [2.24, 2.45) is 0 Å². The van der Waals surface area contributed by atoms with Crippen LogP contribution in [0.25, 0.3) is 0 Å². The van der Waals surface area contributed by atoms with E-state index in [1.165, 1.54) is 5.56 Å². The Morgan fingerprint density at radius 2 is 1.95 bits per heavy atom. The largest absolute Gasteiger partial charge is 0.508 e. The molecule has 2 N–H and O–H groups in total. The van der Waals surface area contributed by atoms with E-state index < -0.39 is 0 Å². The number of benzene rings is 2. The molecule has 4 nitrogen and oxygen atoms in total. The molecule has 112 valence electrons. The van der Waals surface area contributed by atoms with Gasteiger partial charge in [-0.15, -0.1) is 0 Å². The normalized spacial score (nSPS) is 10.7. The van der Waals surface area contributed by atoms with Gasteiger partial charge in [-0.3, -0.25) is 0 Å². The second kappa shape index (κ2) is 6.99. The molecule has 0 amide bonds. The number of methoxy groups -OCH3 is 1. The van der Waals surface area contributed by atoms with E-state index in [4.69, 9.17) is 4.74 Å². The van der Waals surface area contributed by atoms with Crippen LogP contribution >= 0.6 is 0 Å². The SMILES string of the molecule is COc1ccc(O)c(CNc2cccc(CN(C)C)c2)c1. The number of aromatic hydroxyl groups is 1. The first-order valence-corrected chi connectivity index (χ1v) is 6.92. The lowest BCUT2D eigenvalue weighted by molar-refractivity contribution is 0.402. The zero-order valence-electron chi connectivity index (χ0n) is 12.8. The first-order valence-electron chi connectivity index (χ1n) is 6.92. The summed E-state index contributed by atoms with van der Waals surface area (Å²) in [4.78, 5) is 2.13. The van der Waals surface area contributed by atoms with Crippen molar-refractivity contribution in [1.29, 1.82) is 0 Å². The number of phenolic OH excluding ortho intramolecular Hbond substituents is 1. The molecule has 0 saturated heterocycles.